The molecule has 16 heavy (non-hydrogen) atoms. The van der Waals surface area contributed by atoms with Gasteiger partial charge in [0.05, 0.1) is 6.54 Å². The van der Waals surface area contributed by atoms with Crippen molar-refractivity contribution in [2.75, 3.05) is 13.2 Å². The molecule has 0 heterocycles. The summed E-state index contributed by atoms with van der Waals surface area (Å²) < 4.78 is 11.7. The van der Waals surface area contributed by atoms with Crippen molar-refractivity contribution in [2.45, 2.75) is 32.2 Å². The quantitative estimate of drug-likeness (QED) is 0.375. The molecule has 0 spiro atoms. The number of alkyl halides is 1. The van der Waals surface area contributed by atoms with Gasteiger partial charge in [0.15, 0.2) is 0 Å². The Morgan fingerprint density at radius 1 is 1.56 bits per heavy atom. The fourth-order valence-electron chi connectivity index (χ4n) is 0.920. The Hall–Kier alpha value is -1.37. The molecule has 0 saturated heterocycles. The molecule has 0 bridgehead atoms. The Labute approximate surface area is 93.4 Å². The minimum absolute atomic E-state index is 0.00483. The van der Waals surface area contributed by atoms with Gasteiger partial charge in [-0.05, 0) is 24.5 Å². The third kappa shape index (κ3) is 6.99. The molecular weight excluding hydrogens is 215 g/mol. The van der Waals surface area contributed by atoms with E-state index in [4.69, 9.17) is 10.8 Å². The van der Waals surface area contributed by atoms with Gasteiger partial charge in [-0.15, -0.1) is 5.10 Å². The molecule has 0 fully saturated rings. The Balaban J connectivity index is 4.04. The zero-order chi connectivity index (χ0) is 12.4. The van der Waals surface area contributed by atoms with Gasteiger partial charge < -0.3 is 10.8 Å². The van der Waals surface area contributed by atoms with E-state index in [1.165, 1.54) is 0 Å². The largest absolute Gasteiger partial charge is 0.480 e. The second-order valence-corrected chi connectivity index (χ2v) is 3.15. The molecule has 0 aliphatic carbocycles. The average Bonchev–Trinajstić information content (AvgIpc) is 2.27. The summed E-state index contributed by atoms with van der Waals surface area (Å²) in [5, 5.41) is 19.2. The minimum Gasteiger partial charge on any atom is -0.480 e. The molecule has 0 aromatic carbocycles. The smallest absolute Gasteiger partial charge is 0.320 e. The number of nitrogens with two attached hydrogens (primary N) is 1. The zero-order valence-electron chi connectivity index (χ0n) is 9.27. The van der Waals surface area contributed by atoms with Crippen molar-refractivity contribution >= 4 is 11.7 Å². The lowest BCUT2D eigenvalue weighted by atomic mass is 10.1. The van der Waals surface area contributed by atoms with E-state index in [1.54, 1.807) is 0 Å². The van der Waals surface area contributed by atoms with E-state index in [0.29, 0.717) is 25.0 Å². The summed E-state index contributed by atoms with van der Waals surface area (Å²) in [5.41, 5.74) is 6.05. The van der Waals surface area contributed by atoms with E-state index in [2.05, 4.69) is 15.4 Å². The van der Waals surface area contributed by atoms with Crippen LogP contribution in [-0.2, 0) is 4.79 Å². The molecular formula is C9H17FN4O2. The van der Waals surface area contributed by atoms with Gasteiger partial charge in [0, 0.05) is 5.71 Å². The van der Waals surface area contributed by atoms with Crippen LogP contribution in [0.25, 0.3) is 0 Å². The third-order valence-corrected chi connectivity index (χ3v) is 1.90. The Morgan fingerprint density at radius 3 is 2.75 bits per heavy atom. The van der Waals surface area contributed by atoms with E-state index in [0.717, 1.165) is 0 Å². The maximum absolute atomic E-state index is 11.7. The lowest BCUT2D eigenvalue weighted by molar-refractivity contribution is -0.138. The first-order chi connectivity index (χ1) is 7.61. The molecule has 0 aliphatic rings. The lowest BCUT2D eigenvalue weighted by Gasteiger charge is -2.05. The fourth-order valence-corrected chi connectivity index (χ4v) is 0.920. The van der Waals surface area contributed by atoms with E-state index in [-0.39, 0.29) is 6.54 Å². The van der Waals surface area contributed by atoms with Crippen molar-refractivity contribution in [3.05, 3.63) is 0 Å². The van der Waals surface area contributed by atoms with E-state index in [1.807, 2.05) is 6.92 Å². The van der Waals surface area contributed by atoms with Crippen LogP contribution in [0.15, 0.2) is 15.4 Å². The van der Waals surface area contributed by atoms with Gasteiger partial charge >= 0.3 is 5.97 Å². The SMILES string of the molecule is CC/C(CCC(N)C(=O)O)=N\N=NCCF. The number of hydrogen-bond donors (Lipinski definition) is 2. The second-order valence-electron chi connectivity index (χ2n) is 3.15. The molecule has 0 rings (SSSR count). The monoisotopic (exact) mass is 232 g/mol. The normalized spacial score (nSPS) is 14.3. The summed E-state index contributed by atoms with van der Waals surface area (Å²) in [6.45, 7) is 1.30. The highest BCUT2D eigenvalue weighted by Crippen LogP contribution is 2.01. The molecule has 6 nitrogen and oxygen atoms in total. The molecule has 0 aromatic rings. The maximum Gasteiger partial charge on any atom is 0.320 e. The van der Waals surface area contributed by atoms with Crippen molar-refractivity contribution in [3.8, 4) is 0 Å². The first-order valence-corrected chi connectivity index (χ1v) is 5.08. The highest BCUT2D eigenvalue weighted by molar-refractivity contribution is 5.84. The zero-order valence-corrected chi connectivity index (χ0v) is 9.27. The molecule has 0 aliphatic heterocycles. The fraction of sp³-hybridized carbons (Fsp3) is 0.778. The number of carboxylic acids is 1. The molecule has 0 saturated carbocycles. The number of hydrogen-bond acceptors (Lipinski definition) is 4. The Bertz CT molecular complexity index is 268. The summed E-state index contributed by atoms with van der Waals surface area (Å²) >= 11 is 0. The van der Waals surface area contributed by atoms with Crippen LogP contribution in [0.2, 0.25) is 0 Å². The second kappa shape index (κ2) is 8.90. The summed E-state index contributed by atoms with van der Waals surface area (Å²) in [6, 6.07) is -0.889. The van der Waals surface area contributed by atoms with Gasteiger partial charge in [-0.3, -0.25) is 4.79 Å². The van der Waals surface area contributed by atoms with Crippen LogP contribution in [0, 0.1) is 0 Å². The Morgan fingerprint density at radius 2 is 2.25 bits per heavy atom. The number of nitrogens with zero attached hydrogens (tertiary/aromatic N) is 3. The lowest BCUT2D eigenvalue weighted by Crippen LogP contribution is -2.30. The minimum atomic E-state index is -1.03. The number of aliphatic carboxylic acids is 1. The molecule has 3 N–H and O–H groups in total. The van der Waals surface area contributed by atoms with E-state index in [9.17, 15) is 9.18 Å². The van der Waals surface area contributed by atoms with E-state index >= 15 is 0 Å². The van der Waals surface area contributed by atoms with Crippen molar-refractivity contribution < 1.29 is 14.3 Å². The third-order valence-electron chi connectivity index (χ3n) is 1.90. The van der Waals surface area contributed by atoms with Crippen LogP contribution < -0.4 is 5.73 Å². The highest BCUT2D eigenvalue weighted by Gasteiger charge is 2.11. The van der Waals surface area contributed by atoms with Gasteiger partial charge in [-0.2, -0.15) is 5.11 Å². The molecule has 1 atom stereocenters. The molecule has 7 heteroatoms. The standard InChI is InChI=1S/C9H17FN4O2/c1-2-7(13-14-12-6-5-10)3-4-8(11)9(15)16/h8H,2-6,11H2,1H3,(H,15,16)/b13-7+,14-12?. The Kier molecular flexibility index (Phi) is 8.14. The topological polar surface area (TPSA) is 100 Å². The van der Waals surface area contributed by atoms with Gasteiger partial charge in [0.1, 0.15) is 12.7 Å². The van der Waals surface area contributed by atoms with Crippen LogP contribution in [-0.4, -0.2) is 36.0 Å². The highest BCUT2D eigenvalue weighted by atomic mass is 19.1. The first kappa shape index (κ1) is 14.6. The van der Waals surface area contributed by atoms with Crippen LogP contribution in [0.5, 0.6) is 0 Å². The summed E-state index contributed by atoms with van der Waals surface area (Å²) in [4.78, 5) is 10.5. The number of halogens is 1. The van der Waals surface area contributed by atoms with Gasteiger partial charge in [-0.1, -0.05) is 6.92 Å². The van der Waals surface area contributed by atoms with Crippen LogP contribution >= 0.6 is 0 Å². The van der Waals surface area contributed by atoms with Crippen molar-refractivity contribution in [1.29, 1.82) is 0 Å². The van der Waals surface area contributed by atoms with Crippen LogP contribution in [0.4, 0.5) is 4.39 Å². The maximum atomic E-state index is 11.7. The van der Waals surface area contributed by atoms with Gasteiger partial charge in [-0.25, -0.2) is 4.39 Å². The first-order valence-electron chi connectivity index (χ1n) is 5.08. The van der Waals surface area contributed by atoms with Crippen LogP contribution in [0.1, 0.15) is 26.2 Å². The van der Waals surface area contributed by atoms with Crippen molar-refractivity contribution in [3.63, 3.8) is 0 Å². The predicted molar refractivity (Wildman–Crippen MR) is 58.3 cm³/mol. The molecule has 0 amide bonds. The van der Waals surface area contributed by atoms with Crippen LogP contribution in [0.3, 0.4) is 0 Å². The average molecular weight is 232 g/mol. The van der Waals surface area contributed by atoms with Crippen molar-refractivity contribution in [2.24, 2.45) is 21.2 Å². The van der Waals surface area contributed by atoms with Crippen molar-refractivity contribution in [1.82, 2.24) is 0 Å². The molecule has 0 radical (unpaired) electrons. The van der Waals surface area contributed by atoms with E-state index < -0.39 is 18.7 Å². The molecule has 1 unspecified atom stereocenters. The molecule has 92 valence electrons. The summed E-state index contributed by atoms with van der Waals surface area (Å²) in [7, 11) is 0. The number of rotatable bonds is 8. The van der Waals surface area contributed by atoms with Gasteiger partial charge in [0.25, 0.3) is 0 Å². The summed E-state index contributed by atoms with van der Waals surface area (Å²) in [5.74, 6) is -1.03. The predicted octanol–water partition coefficient (Wildman–Crippen LogP) is 1.37. The molecule has 0 aromatic heterocycles. The van der Waals surface area contributed by atoms with Gasteiger partial charge in [0.2, 0.25) is 0 Å². The number of carbonyl (C=O) groups is 1. The summed E-state index contributed by atoms with van der Waals surface area (Å²) in [6.07, 6.45) is 1.40. The number of carboxylic acid groups (broad SMARTS) is 1.